The van der Waals surface area contributed by atoms with Crippen molar-refractivity contribution in [3.05, 3.63) is 94.7 Å². The van der Waals surface area contributed by atoms with Gasteiger partial charge in [0.25, 0.3) is 0 Å². The van der Waals surface area contributed by atoms with E-state index in [-0.39, 0.29) is 17.2 Å². The van der Waals surface area contributed by atoms with Crippen LogP contribution >= 0.6 is 0 Å². The molecule has 272 valence electrons. The second-order valence-electron chi connectivity index (χ2n) is 16.2. The summed E-state index contributed by atoms with van der Waals surface area (Å²) in [5.41, 5.74) is 5.29. The number of hydrogen-bond donors (Lipinski definition) is 2. The summed E-state index contributed by atoms with van der Waals surface area (Å²) in [5.74, 6) is 1.56. The summed E-state index contributed by atoms with van der Waals surface area (Å²) in [5, 5.41) is 6.38. The van der Waals surface area contributed by atoms with Crippen molar-refractivity contribution >= 4 is 11.8 Å². The zero-order chi connectivity index (χ0) is 35.7. The fourth-order valence-electron chi connectivity index (χ4n) is 8.88. The molecule has 6 atom stereocenters. The highest BCUT2D eigenvalue weighted by Crippen LogP contribution is 2.42. The van der Waals surface area contributed by atoms with Gasteiger partial charge in [-0.3, -0.25) is 9.59 Å². The average Bonchev–Trinajstić information content (AvgIpc) is 3.89. The zero-order valence-corrected chi connectivity index (χ0v) is 31.8. The molecule has 50 heavy (non-hydrogen) atoms. The van der Waals surface area contributed by atoms with Gasteiger partial charge in [-0.1, -0.05) is 90.5 Å². The lowest BCUT2D eigenvalue weighted by Crippen LogP contribution is -2.35. The fourth-order valence-corrected chi connectivity index (χ4v) is 8.88. The second kappa shape index (κ2) is 17.8. The van der Waals surface area contributed by atoms with Crippen LogP contribution < -0.4 is 10.6 Å². The first-order valence-corrected chi connectivity index (χ1v) is 19.5. The third-order valence-corrected chi connectivity index (χ3v) is 12.2. The van der Waals surface area contributed by atoms with Crippen LogP contribution in [-0.4, -0.2) is 73.0 Å². The first-order valence-electron chi connectivity index (χ1n) is 19.5. The van der Waals surface area contributed by atoms with Crippen molar-refractivity contribution < 1.29 is 9.59 Å². The van der Waals surface area contributed by atoms with E-state index in [9.17, 15) is 9.59 Å². The fraction of sp³-hybridized carbons (Fsp3) is 0.591. The minimum atomic E-state index is 0.0132. The maximum atomic E-state index is 12.8. The van der Waals surface area contributed by atoms with E-state index >= 15 is 0 Å². The van der Waals surface area contributed by atoms with E-state index < -0.39 is 0 Å². The van der Waals surface area contributed by atoms with E-state index in [4.69, 9.17) is 0 Å². The highest BCUT2D eigenvalue weighted by Gasteiger charge is 2.38. The molecule has 4 heterocycles. The average molecular weight is 681 g/mol. The Morgan fingerprint density at radius 3 is 1.86 bits per heavy atom. The molecule has 0 saturated carbocycles. The molecule has 0 spiro atoms. The van der Waals surface area contributed by atoms with Gasteiger partial charge >= 0.3 is 0 Å². The molecule has 0 radical (unpaired) electrons. The second-order valence-corrected chi connectivity index (χ2v) is 16.2. The number of carbonyl (C=O) groups excluding carboxylic acids is 2. The highest BCUT2D eigenvalue weighted by atomic mass is 16.2. The largest absolute Gasteiger partial charge is 0.352 e. The molecule has 4 unspecified atom stereocenters. The van der Waals surface area contributed by atoms with Crippen LogP contribution in [-0.2, 0) is 9.59 Å². The van der Waals surface area contributed by atoms with E-state index in [1.807, 2.05) is 38.2 Å². The molecule has 4 fully saturated rings. The van der Waals surface area contributed by atoms with Crippen LogP contribution in [0.3, 0.4) is 0 Å². The predicted molar refractivity (Wildman–Crippen MR) is 208 cm³/mol. The van der Waals surface area contributed by atoms with Gasteiger partial charge in [-0.2, -0.15) is 0 Å². The SMILES string of the molecule is CC1=C[C@H](/C=C(C)/C=C/C=C(\C)C(=O)NCC2CCN3CCCC23)[C@@](C)(/C=C/C=C(C)/C=C/C=C(\C)C(=O)NCC2CCN3CCCC23)CC1. The Kier molecular flexibility index (Phi) is 13.5. The number of nitrogens with zero attached hydrogens (tertiary/aromatic N) is 2. The van der Waals surface area contributed by atoms with E-state index in [1.54, 1.807) is 0 Å². The molecular weight excluding hydrogens is 617 g/mol. The molecule has 0 bridgehead atoms. The Labute approximate surface area is 303 Å². The Balaban J connectivity index is 1.10. The molecule has 1 aliphatic carbocycles. The molecule has 4 aliphatic heterocycles. The first kappa shape index (κ1) is 38.0. The Morgan fingerprint density at radius 2 is 1.30 bits per heavy atom. The highest BCUT2D eigenvalue weighted by molar-refractivity contribution is 5.93. The Hall–Kier alpha value is -3.22. The lowest BCUT2D eigenvalue weighted by atomic mass is 9.68. The van der Waals surface area contributed by atoms with Crippen LogP contribution in [0.2, 0.25) is 0 Å². The van der Waals surface area contributed by atoms with E-state index in [0.717, 1.165) is 42.7 Å². The lowest BCUT2D eigenvalue weighted by molar-refractivity contribution is -0.118. The molecule has 2 amide bonds. The van der Waals surface area contributed by atoms with Crippen molar-refractivity contribution in [1.82, 2.24) is 20.4 Å². The summed E-state index contributed by atoms with van der Waals surface area (Å²) in [6, 6.07) is 1.34. The van der Waals surface area contributed by atoms with Crippen LogP contribution in [0.1, 0.15) is 92.9 Å². The van der Waals surface area contributed by atoms with E-state index in [1.165, 1.54) is 75.9 Å². The van der Waals surface area contributed by atoms with Gasteiger partial charge in [0.15, 0.2) is 0 Å². The Morgan fingerprint density at radius 1 is 0.760 bits per heavy atom. The molecule has 4 saturated heterocycles. The van der Waals surface area contributed by atoms with Gasteiger partial charge in [0.05, 0.1) is 0 Å². The quantitative estimate of drug-likeness (QED) is 0.118. The van der Waals surface area contributed by atoms with Crippen molar-refractivity contribution in [2.24, 2.45) is 23.2 Å². The van der Waals surface area contributed by atoms with Crippen LogP contribution in [0.5, 0.6) is 0 Å². The van der Waals surface area contributed by atoms with Gasteiger partial charge < -0.3 is 20.4 Å². The van der Waals surface area contributed by atoms with Gasteiger partial charge in [-0.05, 0) is 129 Å². The molecule has 0 aromatic rings. The third-order valence-electron chi connectivity index (χ3n) is 12.2. The number of allylic oxidation sites excluding steroid dienone is 14. The van der Waals surface area contributed by atoms with Crippen molar-refractivity contribution in [3.8, 4) is 0 Å². The van der Waals surface area contributed by atoms with Crippen LogP contribution in [0.15, 0.2) is 94.7 Å². The molecule has 0 aromatic heterocycles. The van der Waals surface area contributed by atoms with Crippen LogP contribution in [0.4, 0.5) is 0 Å². The number of rotatable bonds is 13. The van der Waals surface area contributed by atoms with Crippen molar-refractivity contribution in [1.29, 1.82) is 0 Å². The van der Waals surface area contributed by atoms with Crippen molar-refractivity contribution in [3.63, 3.8) is 0 Å². The minimum absolute atomic E-state index is 0.0132. The molecular formula is C44H64N4O2. The minimum Gasteiger partial charge on any atom is -0.352 e. The predicted octanol–water partition coefficient (Wildman–Crippen LogP) is 8.00. The zero-order valence-electron chi connectivity index (χ0n) is 31.8. The van der Waals surface area contributed by atoms with Crippen LogP contribution in [0.25, 0.3) is 0 Å². The number of hydrogen-bond acceptors (Lipinski definition) is 4. The first-order chi connectivity index (χ1) is 24.0. The third kappa shape index (κ3) is 10.2. The molecule has 6 nitrogen and oxygen atoms in total. The molecule has 2 N–H and O–H groups in total. The monoisotopic (exact) mass is 681 g/mol. The summed E-state index contributed by atoms with van der Waals surface area (Å²) in [4.78, 5) is 30.7. The Bertz CT molecular complexity index is 1470. The van der Waals surface area contributed by atoms with E-state index in [2.05, 4.69) is 90.7 Å². The van der Waals surface area contributed by atoms with Crippen LogP contribution in [0, 0.1) is 23.2 Å². The standard InChI is InChI=1S/C44H64N4O2/c1-32(12-7-15-35(4)42(49)45-30-37-20-26-47-24-10-17-40(37)47)14-9-22-44(6)23-19-34(3)29-39(44)28-33(2)13-8-16-36(5)43(50)46-31-38-21-27-48-25-11-18-41(38)48/h7-9,12-16,22,28-29,37-41H,10-11,17-21,23-27,30-31H2,1-6H3,(H,45,49)(H,46,50)/b12-7+,13-8+,22-9+,32-14+,33-28+,35-15+,36-16+/t37?,38?,39-,40?,41?,44-/m0/s1. The summed E-state index contributed by atoms with van der Waals surface area (Å²) in [6.45, 7) is 19.0. The maximum absolute atomic E-state index is 12.8. The summed E-state index contributed by atoms with van der Waals surface area (Å²) in [7, 11) is 0. The molecule has 5 rings (SSSR count). The topological polar surface area (TPSA) is 64.7 Å². The number of carbonyl (C=O) groups is 2. The summed E-state index contributed by atoms with van der Waals surface area (Å²) >= 11 is 0. The van der Waals surface area contributed by atoms with Crippen molar-refractivity contribution in [2.75, 3.05) is 39.3 Å². The molecule has 0 aromatic carbocycles. The number of amides is 2. The summed E-state index contributed by atoms with van der Waals surface area (Å²) < 4.78 is 0. The van der Waals surface area contributed by atoms with Gasteiger partial charge in [0, 0.05) is 42.2 Å². The molecule has 6 heteroatoms. The van der Waals surface area contributed by atoms with Crippen molar-refractivity contribution in [2.45, 2.75) is 105 Å². The maximum Gasteiger partial charge on any atom is 0.246 e. The van der Waals surface area contributed by atoms with Gasteiger partial charge in [0.1, 0.15) is 0 Å². The van der Waals surface area contributed by atoms with Gasteiger partial charge in [0.2, 0.25) is 11.8 Å². The smallest absolute Gasteiger partial charge is 0.246 e. The van der Waals surface area contributed by atoms with E-state index in [0.29, 0.717) is 29.8 Å². The van der Waals surface area contributed by atoms with Gasteiger partial charge in [-0.15, -0.1) is 0 Å². The summed E-state index contributed by atoms with van der Waals surface area (Å²) in [6.07, 6.45) is 33.3. The lowest BCUT2D eigenvalue weighted by Gasteiger charge is -2.36. The number of nitrogens with one attached hydrogen (secondary N) is 2. The normalized spacial score (nSPS) is 31.6. The number of fused-ring (bicyclic) bond motifs is 2. The molecule has 5 aliphatic rings. The van der Waals surface area contributed by atoms with Gasteiger partial charge in [-0.25, -0.2) is 0 Å².